The van der Waals surface area contributed by atoms with E-state index in [-0.39, 0.29) is 0 Å². The summed E-state index contributed by atoms with van der Waals surface area (Å²) in [6.07, 6.45) is 2.62. The van der Waals surface area contributed by atoms with Crippen LogP contribution >= 0.6 is 0 Å². The zero-order valence-electron chi connectivity index (χ0n) is 10.6. The highest BCUT2D eigenvalue weighted by Crippen LogP contribution is 2.20. The number of hydrogen-bond acceptors (Lipinski definition) is 2. The third kappa shape index (κ3) is 2.56. The Morgan fingerprint density at radius 2 is 1.94 bits per heavy atom. The van der Waals surface area contributed by atoms with Gasteiger partial charge in [-0.25, -0.2) is 0 Å². The van der Waals surface area contributed by atoms with Crippen LogP contribution in [0.5, 0.6) is 0 Å². The summed E-state index contributed by atoms with van der Waals surface area (Å²) < 4.78 is 0. The molecule has 1 aliphatic heterocycles. The van der Waals surface area contributed by atoms with Crippen LogP contribution in [0.25, 0.3) is 0 Å². The minimum Gasteiger partial charge on any atom is -0.383 e. The van der Waals surface area contributed by atoms with E-state index in [1.165, 1.54) is 41.8 Å². The van der Waals surface area contributed by atoms with Gasteiger partial charge < -0.3 is 10.6 Å². The Morgan fingerprint density at radius 1 is 1.19 bits per heavy atom. The Labute approximate surface area is 98.4 Å². The van der Waals surface area contributed by atoms with Gasteiger partial charge >= 0.3 is 0 Å². The molecule has 0 bridgehead atoms. The fourth-order valence-electron chi connectivity index (χ4n) is 2.32. The Bertz CT molecular complexity index is 365. The maximum Gasteiger partial charge on any atom is 0.0373 e. The van der Waals surface area contributed by atoms with Gasteiger partial charge in [0.15, 0.2) is 0 Å². The van der Waals surface area contributed by atoms with E-state index in [1.807, 2.05) is 0 Å². The number of anilines is 1. The van der Waals surface area contributed by atoms with Crippen molar-refractivity contribution in [1.82, 2.24) is 5.32 Å². The molecule has 1 heterocycles. The summed E-state index contributed by atoms with van der Waals surface area (Å²) in [5.74, 6) is 0. The first-order valence-corrected chi connectivity index (χ1v) is 6.22. The quantitative estimate of drug-likeness (QED) is 0.815. The molecule has 0 aromatic heterocycles. The lowest BCUT2D eigenvalue weighted by molar-refractivity contribution is 0.633. The molecule has 1 aromatic carbocycles. The highest BCUT2D eigenvalue weighted by molar-refractivity contribution is 5.54. The lowest BCUT2D eigenvalue weighted by atomic mass is 10.0. The van der Waals surface area contributed by atoms with Gasteiger partial charge in [-0.15, -0.1) is 0 Å². The molecular formula is C14H22N2. The highest BCUT2D eigenvalue weighted by Gasteiger charge is 2.13. The van der Waals surface area contributed by atoms with Crippen molar-refractivity contribution in [3.8, 4) is 0 Å². The summed E-state index contributed by atoms with van der Waals surface area (Å²) in [5.41, 5.74) is 5.38. The van der Waals surface area contributed by atoms with Crippen LogP contribution in [0.4, 0.5) is 5.69 Å². The van der Waals surface area contributed by atoms with Crippen LogP contribution in [0.1, 0.15) is 29.5 Å². The van der Waals surface area contributed by atoms with Gasteiger partial charge in [-0.05, 0) is 62.9 Å². The first-order chi connectivity index (χ1) is 7.66. The molecule has 88 valence electrons. The van der Waals surface area contributed by atoms with Gasteiger partial charge in [0.25, 0.3) is 0 Å². The fraction of sp³-hybridized carbons (Fsp3) is 0.571. The summed E-state index contributed by atoms with van der Waals surface area (Å²) in [5, 5.41) is 7.07. The molecule has 1 atom stereocenters. The van der Waals surface area contributed by atoms with Gasteiger partial charge in [0, 0.05) is 18.3 Å². The van der Waals surface area contributed by atoms with E-state index in [2.05, 4.69) is 43.5 Å². The maximum absolute atomic E-state index is 3.56. The normalized spacial score (nSPS) is 20.1. The second-order valence-corrected chi connectivity index (χ2v) is 4.93. The van der Waals surface area contributed by atoms with Crippen molar-refractivity contribution in [1.29, 1.82) is 0 Å². The fourth-order valence-corrected chi connectivity index (χ4v) is 2.32. The molecule has 1 aromatic rings. The van der Waals surface area contributed by atoms with Gasteiger partial charge in [0.1, 0.15) is 0 Å². The van der Waals surface area contributed by atoms with Crippen molar-refractivity contribution in [2.45, 2.75) is 39.7 Å². The highest BCUT2D eigenvalue weighted by atomic mass is 15.0. The van der Waals surface area contributed by atoms with E-state index >= 15 is 0 Å². The smallest absolute Gasteiger partial charge is 0.0373 e. The number of rotatable bonds is 3. The second kappa shape index (κ2) is 4.88. The second-order valence-electron chi connectivity index (χ2n) is 4.93. The number of hydrogen-bond donors (Lipinski definition) is 2. The van der Waals surface area contributed by atoms with E-state index in [0.29, 0.717) is 6.04 Å². The zero-order chi connectivity index (χ0) is 11.5. The molecule has 0 amide bonds. The van der Waals surface area contributed by atoms with Gasteiger partial charge in [-0.3, -0.25) is 0 Å². The average Bonchev–Trinajstić information content (AvgIpc) is 2.74. The van der Waals surface area contributed by atoms with Crippen LogP contribution < -0.4 is 10.6 Å². The topological polar surface area (TPSA) is 24.1 Å². The Hall–Kier alpha value is -1.02. The molecule has 0 saturated carbocycles. The van der Waals surface area contributed by atoms with Crippen LogP contribution in [0.15, 0.2) is 12.1 Å². The third-order valence-electron chi connectivity index (χ3n) is 3.54. The summed E-state index contributed by atoms with van der Waals surface area (Å²) >= 11 is 0. The molecule has 0 radical (unpaired) electrons. The van der Waals surface area contributed by atoms with Crippen molar-refractivity contribution in [2.24, 2.45) is 0 Å². The van der Waals surface area contributed by atoms with Crippen LogP contribution in [0, 0.1) is 20.8 Å². The lowest BCUT2D eigenvalue weighted by Crippen LogP contribution is -2.29. The maximum atomic E-state index is 3.56. The van der Waals surface area contributed by atoms with Crippen LogP contribution in [-0.4, -0.2) is 19.1 Å². The first kappa shape index (κ1) is 11.5. The van der Waals surface area contributed by atoms with Crippen molar-refractivity contribution >= 4 is 5.69 Å². The number of aryl methyl sites for hydroxylation is 3. The van der Waals surface area contributed by atoms with Gasteiger partial charge in [0.2, 0.25) is 0 Å². The number of nitrogens with one attached hydrogen (secondary N) is 2. The standard InChI is InChI=1S/C14H22N2/c1-10-7-12(3)14(8-11(10)2)16-9-13-5-4-6-15-13/h7-8,13,15-16H,4-6,9H2,1-3H3. The predicted octanol–water partition coefficient (Wildman–Crippen LogP) is 2.78. The Balaban J connectivity index is 2.00. The van der Waals surface area contributed by atoms with Crippen molar-refractivity contribution in [3.63, 3.8) is 0 Å². The molecule has 1 unspecified atom stereocenters. The zero-order valence-corrected chi connectivity index (χ0v) is 10.6. The minimum atomic E-state index is 0.654. The van der Waals surface area contributed by atoms with Crippen molar-refractivity contribution < 1.29 is 0 Å². The third-order valence-corrected chi connectivity index (χ3v) is 3.54. The molecule has 1 saturated heterocycles. The molecule has 2 rings (SSSR count). The Kier molecular flexibility index (Phi) is 3.49. The van der Waals surface area contributed by atoms with Gasteiger partial charge in [-0.2, -0.15) is 0 Å². The summed E-state index contributed by atoms with van der Waals surface area (Å²) in [6, 6.07) is 5.18. The molecule has 0 aliphatic carbocycles. The van der Waals surface area contributed by atoms with Crippen LogP contribution in [0.2, 0.25) is 0 Å². The first-order valence-electron chi connectivity index (χ1n) is 6.22. The van der Waals surface area contributed by atoms with Gasteiger partial charge in [0.05, 0.1) is 0 Å². The molecule has 2 nitrogen and oxygen atoms in total. The SMILES string of the molecule is Cc1cc(C)c(NCC2CCCN2)cc1C. The summed E-state index contributed by atoms with van der Waals surface area (Å²) in [4.78, 5) is 0. The molecule has 2 N–H and O–H groups in total. The predicted molar refractivity (Wildman–Crippen MR) is 70.2 cm³/mol. The average molecular weight is 218 g/mol. The molecule has 1 fully saturated rings. The monoisotopic (exact) mass is 218 g/mol. The Morgan fingerprint density at radius 3 is 2.62 bits per heavy atom. The molecule has 0 spiro atoms. The minimum absolute atomic E-state index is 0.654. The molecule has 16 heavy (non-hydrogen) atoms. The van der Waals surface area contributed by atoms with Crippen LogP contribution in [0.3, 0.4) is 0 Å². The largest absolute Gasteiger partial charge is 0.383 e. The molecular weight excluding hydrogens is 196 g/mol. The lowest BCUT2D eigenvalue weighted by Gasteiger charge is -2.16. The van der Waals surface area contributed by atoms with E-state index in [4.69, 9.17) is 0 Å². The van der Waals surface area contributed by atoms with E-state index < -0.39 is 0 Å². The van der Waals surface area contributed by atoms with E-state index in [1.54, 1.807) is 0 Å². The molecule has 1 aliphatic rings. The van der Waals surface area contributed by atoms with Crippen molar-refractivity contribution in [3.05, 3.63) is 28.8 Å². The van der Waals surface area contributed by atoms with Crippen molar-refractivity contribution in [2.75, 3.05) is 18.4 Å². The van der Waals surface area contributed by atoms with E-state index in [9.17, 15) is 0 Å². The van der Waals surface area contributed by atoms with Gasteiger partial charge in [-0.1, -0.05) is 6.07 Å². The summed E-state index contributed by atoms with van der Waals surface area (Å²) in [6.45, 7) is 8.75. The number of benzene rings is 1. The molecule has 2 heteroatoms. The summed E-state index contributed by atoms with van der Waals surface area (Å²) in [7, 11) is 0. The van der Waals surface area contributed by atoms with Crippen LogP contribution in [-0.2, 0) is 0 Å². The van der Waals surface area contributed by atoms with E-state index in [0.717, 1.165) is 6.54 Å².